The Morgan fingerprint density at radius 3 is 2.62 bits per heavy atom. The predicted molar refractivity (Wildman–Crippen MR) is 135 cm³/mol. The molecule has 2 aromatic heterocycles. The van der Waals surface area contributed by atoms with Crippen LogP contribution in [0.1, 0.15) is 25.5 Å². The summed E-state index contributed by atoms with van der Waals surface area (Å²) >= 11 is 0. The van der Waals surface area contributed by atoms with Crippen molar-refractivity contribution >= 4 is 11.6 Å². The number of imidazole rings is 1. The summed E-state index contributed by atoms with van der Waals surface area (Å²) < 4.78 is 12.8. The first-order chi connectivity index (χ1) is 16.7. The van der Waals surface area contributed by atoms with Crippen LogP contribution >= 0.6 is 0 Å². The first-order valence-electron chi connectivity index (χ1n) is 11.7. The molecule has 2 aromatic carbocycles. The number of ether oxygens (including phenoxy) is 2. The van der Waals surface area contributed by atoms with Gasteiger partial charge in [0, 0.05) is 38.4 Å². The molecule has 0 atom stereocenters. The third-order valence-corrected chi connectivity index (χ3v) is 5.68. The van der Waals surface area contributed by atoms with Gasteiger partial charge in [-0.25, -0.2) is 4.98 Å². The maximum absolute atomic E-state index is 12.5. The molecule has 0 bridgehead atoms. The summed E-state index contributed by atoms with van der Waals surface area (Å²) in [5, 5.41) is 2.98. The zero-order chi connectivity index (χ0) is 23.8. The molecule has 0 saturated carbocycles. The van der Waals surface area contributed by atoms with Crippen LogP contribution in [0.3, 0.4) is 0 Å². The molecule has 0 spiro atoms. The van der Waals surface area contributed by atoms with Crippen molar-refractivity contribution < 1.29 is 14.3 Å². The maximum atomic E-state index is 12.5. The number of hydrogen-bond acceptors (Lipinski definition) is 4. The third kappa shape index (κ3) is 5.64. The lowest BCUT2D eigenvalue weighted by atomic mass is 10.1. The second-order valence-electron chi connectivity index (χ2n) is 8.08. The Morgan fingerprint density at radius 1 is 1.00 bits per heavy atom. The van der Waals surface area contributed by atoms with E-state index >= 15 is 0 Å². The highest BCUT2D eigenvalue weighted by Crippen LogP contribution is 2.29. The number of pyridine rings is 1. The van der Waals surface area contributed by atoms with Crippen molar-refractivity contribution in [1.82, 2.24) is 14.7 Å². The van der Waals surface area contributed by atoms with E-state index in [4.69, 9.17) is 14.5 Å². The molecule has 0 aliphatic rings. The molecular weight excluding hydrogens is 426 g/mol. The molecular formula is C28H31N3O3. The molecule has 2 heterocycles. The van der Waals surface area contributed by atoms with Crippen LogP contribution in [-0.2, 0) is 16.0 Å². The van der Waals surface area contributed by atoms with Gasteiger partial charge in [-0.3, -0.25) is 4.79 Å². The lowest BCUT2D eigenvalue weighted by Gasteiger charge is -2.09. The second-order valence-corrected chi connectivity index (χ2v) is 8.08. The van der Waals surface area contributed by atoms with Crippen molar-refractivity contribution in [2.24, 2.45) is 0 Å². The Balaban J connectivity index is 1.66. The topological polar surface area (TPSA) is 64.9 Å². The molecule has 176 valence electrons. The van der Waals surface area contributed by atoms with Crippen LogP contribution in [-0.4, -0.2) is 42.2 Å². The fourth-order valence-corrected chi connectivity index (χ4v) is 4.03. The molecule has 0 saturated heterocycles. The fourth-order valence-electron chi connectivity index (χ4n) is 4.03. The van der Waals surface area contributed by atoms with Gasteiger partial charge in [0.1, 0.15) is 11.4 Å². The molecule has 0 unspecified atom stereocenters. The van der Waals surface area contributed by atoms with E-state index in [2.05, 4.69) is 40.2 Å². The summed E-state index contributed by atoms with van der Waals surface area (Å²) in [7, 11) is 1.67. The summed E-state index contributed by atoms with van der Waals surface area (Å²) in [6, 6.07) is 22.3. The molecule has 0 radical (unpaired) electrons. The van der Waals surface area contributed by atoms with Gasteiger partial charge in [-0.2, -0.15) is 0 Å². The number of rotatable bonds is 11. The van der Waals surface area contributed by atoms with E-state index in [0.29, 0.717) is 32.6 Å². The summed E-state index contributed by atoms with van der Waals surface area (Å²) in [6.45, 7) is 3.86. The largest absolute Gasteiger partial charge is 0.494 e. The van der Waals surface area contributed by atoms with Crippen molar-refractivity contribution in [3.05, 3.63) is 78.6 Å². The maximum Gasteiger partial charge on any atom is 0.220 e. The summed E-state index contributed by atoms with van der Waals surface area (Å²) in [5.41, 5.74) is 5.98. The van der Waals surface area contributed by atoms with Crippen LogP contribution in [0.4, 0.5) is 0 Å². The standard InChI is InChI=1S/C28H31N3O3/c1-3-34-24-12-7-11-22(19-24)23-13-15-26-30-28(21-9-5-4-6-10-21)25(31(26)20-23)14-16-27(32)29-17-8-18-33-2/h4-7,9-13,15,19-20H,3,8,14,16-18H2,1-2H3,(H,29,32). The molecule has 34 heavy (non-hydrogen) atoms. The molecule has 0 fully saturated rings. The zero-order valence-corrected chi connectivity index (χ0v) is 19.8. The number of nitrogens with zero attached hydrogens (tertiary/aromatic N) is 2. The van der Waals surface area contributed by atoms with E-state index in [1.165, 1.54) is 0 Å². The number of amides is 1. The lowest BCUT2D eigenvalue weighted by Crippen LogP contribution is -2.25. The van der Waals surface area contributed by atoms with E-state index in [9.17, 15) is 4.79 Å². The number of aromatic nitrogens is 2. The number of aryl methyl sites for hydroxylation is 1. The molecule has 4 rings (SSSR count). The van der Waals surface area contributed by atoms with Gasteiger partial charge < -0.3 is 19.2 Å². The van der Waals surface area contributed by atoms with Gasteiger partial charge in [0.25, 0.3) is 0 Å². The SMILES string of the molecule is CCOc1cccc(-c2ccc3nc(-c4ccccc4)c(CCC(=O)NCCCOC)n3c2)c1. The molecule has 4 aromatic rings. The van der Waals surface area contributed by atoms with Gasteiger partial charge in [-0.05, 0) is 55.2 Å². The number of fused-ring (bicyclic) bond motifs is 1. The number of benzene rings is 2. The van der Waals surface area contributed by atoms with Crippen LogP contribution < -0.4 is 10.1 Å². The van der Waals surface area contributed by atoms with Crippen molar-refractivity contribution in [2.45, 2.75) is 26.2 Å². The van der Waals surface area contributed by atoms with E-state index in [1.54, 1.807) is 7.11 Å². The Hall–Kier alpha value is -3.64. The van der Waals surface area contributed by atoms with Gasteiger partial charge >= 0.3 is 0 Å². The smallest absolute Gasteiger partial charge is 0.220 e. The number of methoxy groups -OCH3 is 1. The van der Waals surface area contributed by atoms with E-state index < -0.39 is 0 Å². The van der Waals surface area contributed by atoms with Gasteiger partial charge in [0.2, 0.25) is 5.91 Å². The summed E-state index contributed by atoms with van der Waals surface area (Å²) in [5.74, 6) is 0.881. The highest BCUT2D eigenvalue weighted by molar-refractivity contribution is 5.77. The number of carbonyl (C=O) groups is 1. The minimum atomic E-state index is 0.0330. The summed E-state index contributed by atoms with van der Waals surface area (Å²) in [6.07, 6.45) is 3.89. The van der Waals surface area contributed by atoms with E-state index in [0.717, 1.165) is 45.9 Å². The Bertz CT molecular complexity index is 1230. The van der Waals surface area contributed by atoms with Crippen LogP contribution in [0.2, 0.25) is 0 Å². The van der Waals surface area contributed by atoms with Crippen molar-refractivity contribution in [1.29, 1.82) is 0 Å². The minimum Gasteiger partial charge on any atom is -0.494 e. The van der Waals surface area contributed by atoms with Gasteiger partial charge in [-0.15, -0.1) is 0 Å². The van der Waals surface area contributed by atoms with Crippen molar-refractivity contribution in [3.63, 3.8) is 0 Å². The normalized spacial score (nSPS) is 11.0. The number of hydrogen-bond donors (Lipinski definition) is 1. The summed E-state index contributed by atoms with van der Waals surface area (Å²) in [4.78, 5) is 17.4. The first-order valence-corrected chi connectivity index (χ1v) is 11.7. The van der Waals surface area contributed by atoms with Crippen LogP contribution in [0.25, 0.3) is 28.0 Å². The highest BCUT2D eigenvalue weighted by Gasteiger charge is 2.16. The molecule has 6 nitrogen and oxygen atoms in total. The predicted octanol–water partition coefficient (Wildman–Crippen LogP) is 5.15. The van der Waals surface area contributed by atoms with E-state index in [-0.39, 0.29) is 5.91 Å². The Morgan fingerprint density at radius 2 is 1.82 bits per heavy atom. The molecule has 1 amide bonds. The quantitative estimate of drug-likeness (QED) is 0.316. The lowest BCUT2D eigenvalue weighted by molar-refractivity contribution is -0.121. The molecule has 6 heteroatoms. The zero-order valence-electron chi connectivity index (χ0n) is 19.8. The highest BCUT2D eigenvalue weighted by atomic mass is 16.5. The minimum absolute atomic E-state index is 0.0330. The van der Waals surface area contributed by atoms with E-state index in [1.807, 2.05) is 49.4 Å². The van der Waals surface area contributed by atoms with Crippen molar-refractivity contribution in [3.8, 4) is 28.1 Å². The number of carbonyl (C=O) groups excluding carboxylic acids is 1. The molecule has 0 aliphatic carbocycles. The molecule has 1 N–H and O–H groups in total. The van der Waals surface area contributed by atoms with Crippen LogP contribution in [0.5, 0.6) is 5.75 Å². The van der Waals surface area contributed by atoms with Gasteiger partial charge in [-0.1, -0.05) is 42.5 Å². The van der Waals surface area contributed by atoms with Gasteiger partial charge in [0.05, 0.1) is 18.0 Å². The Labute approximate surface area is 200 Å². The first kappa shape index (κ1) is 23.5. The van der Waals surface area contributed by atoms with Crippen molar-refractivity contribution in [2.75, 3.05) is 26.9 Å². The monoisotopic (exact) mass is 457 g/mol. The molecule has 0 aliphatic heterocycles. The average Bonchev–Trinajstić information content (AvgIpc) is 3.24. The number of nitrogens with one attached hydrogen (secondary N) is 1. The van der Waals surface area contributed by atoms with Gasteiger partial charge in [0.15, 0.2) is 0 Å². The second kappa shape index (κ2) is 11.5. The fraction of sp³-hybridized carbons (Fsp3) is 0.286. The van der Waals surface area contributed by atoms with Crippen LogP contribution in [0, 0.1) is 0 Å². The van der Waals surface area contributed by atoms with Crippen LogP contribution in [0.15, 0.2) is 72.9 Å². The average molecular weight is 458 g/mol. The Kier molecular flexibility index (Phi) is 7.94. The third-order valence-electron chi connectivity index (χ3n) is 5.68.